The highest BCUT2D eigenvalue weighted by atomic mass is 35.5. The number of amides is 1. The lowest BCUT2D eigenvalue weighted by Crippen LogP contribution is -2.47. The first-order chi connectivity index (χ1) is 10.6. The lowest BCUT2D eigenvalue weighted by atomic mass is 9.77. The summed E-state index contributed by atoms with van der Waals surface area (Å²) in [5, 5.41) is 0.724. The van der Waals surface area contributed by atoms with Crippen LogP contribution in [-0.2, 0) is 10.2 Å². The van der Waals surface area contributed by atoms with Crippen LogP contribution in [0.1, 0.15) is 44.6 Å². The van der Waals surface area contributed by atoms with E-state index in [-0.39, 0.29) is 5.41 Å². The highest BCUT2D eigenvalue weighted by molar-refractivity contribution is 6.30. The molecule has 0 bridgehead atoms. The van der Waals surface area contributed by atoms with Crippen molar-refractivity contribution in [2.75, 3.05) is 13.1 Å². The molecule has 120 valence electrons. The van der Waals surface area contributed by atoms with Crippen LogP contribution in [0.5, 0.6) is 0 Å². The van der Waals surface area contributed by atoms with Gasteiger partial charge >= 0.3 is 0 Å². The van der Waals surface area contributed by atoms with Gasteiger partial charge in [0.2, 0.25) is 5.91 Å². The van der Waals surface area contributed by atoms with Crippen molar-refractivity contribution >= 4 is 17.5 Å². The molecular weight excluding hydrogens is 296 g/mol. The Morgan fingerprint density at radius 3 is 2.50 bits per heavy atom. The Balaban J connectivity index is 1.91. The number of hydrogen-bond donors (Lipinski definition) is 1. The fourth-order valence-corrected chi connectivity index (χ4v) is 4.37. The van der Waals surface area contributed by atoms with E-state index in [4.69, 9.17) is 17.3 Å². The van der Waals surface area contributed by atoms with Crippen LogP contribution in [0.4, 0.5) is 0 Å². The number of carbonyl (C=O) groups excluding carboxylic acids is 1. The molecule has 1 saturated carbocycles. The predicted octanol–water partition coefficient (Wildman–Crippen LogP) is 3.35. The van der Waals surface area contributed by atoms with Gasteiger partial charge in [0.25, 0.3) is 0 Å². The Hall–Kier alpha value is -1.06. The van der Waals surface area contributed by atoms with E-state index < -0.39 is 0 Å². The number of carbonyl (C=O) groups is 1. The average Bonchev–Trinajstić information content (AvgIpc) is 3.15. The van der Waals surface area contributed by atoms with E-state index in [1.807, 2.05) is 24.3 Å². The minimum Gasteiger partial charge on any atom is -0.339 e. The number of benzene rings is 1. The van der Waals surface area contributed by atoms with Crippen LogP contribution in [0.25, 0.3) is 0 Å². The van der Waals surface area contributed by atoms with E-state index >= 15 is 0 Å². The maximum atomic E-state index is 13.4. The van der Waals surface area contributed by atoms with Crippen molar-refractivity contribution < 1.29 is 4.79 Å². The summed E-state index contributed by atoms with van der Waals surface area (Å²) in [4.78, 5) is 15.5. The van der Waals surface area contributed by atoms with Gasteiger partial charge in [-0.25, -0.2) is 0 Å². The van der Waals surface area contributed by atoms with Crippen molar-refractivity contribution in [1.82, 2.24) is 4.90 Å². The monoisotopic (exact) mass is 320 g/mol. The fourth-order valence-electron chi connectivity index (χ4n) is 4.24. The highest BCUT2D eigenvalue weighted by Crippen LogP contribution is 2.44. The van der Waals surface area contributed by atoms with Gasteiger partial charge in [0, 0.05) is 17.6 Å². The molecule has 1 amide bonds. The Bertz CT molecular complexity index is 537. The molecule has 2 fully saturated rings. The Morgan fingerprint density at radius 1 is 1.32 bits per heavy atom. The molecule has 2 aliphatic rings. The van der Waals surface area contributed by atoms with Crippen LogP contribution in [-0.4, -0.2) is 29.9 Å². The zero-order chi connectivity index (χ0) is 15.7. The van der Waals surface area contributed by atoms with Gasteiger partial charge in [-0.05, 0) is 56.3 Å². The molecule has 4 heteroatoms. The molecule has 3 rings (SSSR count). The number of likely N-dealkylation sites (tertiary alicyclic amines) is 1. The lowest BCUT2D eigenvalue weighted by molar-refractivity contribution is -0.138. The Morgan fingerprint density at radius 2 is 1.95 bits per heavy atom. The second-order valence-corrected chi connectivity index (χ2v) is 7.38. The van der Waals surface area contributed by atoms with Crippen LogP contribution in [0.3, 0.4) is 0 Å². The normalized spacial score (nSPS) is 27.3. The van der Waals surface area contributed by atoms with Crippen molar-refractivity contribution in [3.63, 3.8) is 0 Å². The zero-order valence-electron chi connectivity index (χ0n) is 13.2. The summed E-state index contributed by atoms with van der Waals surface area (Å²) in [7, 11) is 0. The molecule has 1 aromatic rings. The van der Waals surface area contributed by atoms with Gasteiger partial charge in [-0.15, -0.1) is 0 Å². The second-order valence-electron chi connectivity index (χ2n) is 6.94. The summed E-state index contributed by atoms with van der Waals surface area (Å²) >= 11 is 6.02. The summed E-state index contributed by atoms with van der Waals surface area (Å²) in [6.45, 7) is 3.63. The highest BCUT2D eigenvalue weighted by Gasteiger charge is 2.47. The number of nitrogens with two attached hydrogens (primary N) is 1. The van der Waals surface area contributed by atoms with Crippen LogP contribution < -0.4 is 5.73 Å². The quantitative estimate of drug-likeness (QED) is 0.928. The minimum atomic E-state index is -0.345. The third kappa shape index (κ3) is 2.65. The number of halogens is 1. The molecule has 1 aliphatic carbocycles. The summed E-state index contributed by atoms with van der Waals surface area (Å²) in [5.41, 5.74) is 6.60. The Kier molecular flexibility index (Phi) is 4.47. The van der Waals surface area contributed by atoms with Gasteiger partial charge in [-0.2, -0.15) is 0 Å². The van der Waals surface area contributed by atoms with Crippen LogP contribution >= 0.6 is 11.6 Å². The van der Waals surface area contributed by atoms with E-state index in [0.29, 0.717) is 24.4 Å². The van der Waals surface area contributed by atoms with Crippen LogP contribution in [0.2, 0.25) is 5.02 Å². The van der Waals surface area contributed by atoms with E-state index in [1.165, 1.54) is 0 Å². The van der Waals surface area contributed by atoms with E-state index in [9.17, 15) is 4.79 Å². The number of hydrogen-bond acceptors (Lipinski definition) is 2. The van der Waals surface area contributed by atoms with Crippen molar-refractivity contribution in [3.8, 4) is 0 Å². The van der Waals surface area contributed by atoms with E-state index in [1.54, 1.807) is 0 Å². The van der Waals surface area contributed by atoms with Gasteiger partial charge in [0.05, 0.1) is 5.41 Å². The molecule has 2 unspecified atom stereocenters. The lowest BCUT2D eigenvalue weighted by Gasteiger charge is -2.35. The third-order valence-electron chi connectivity index (χ3n) is 5.52. The van der Waals surface area contributed by atoms with E-state index in [2.05, 4.69) is 11.8 Å². The predicted molar refractivity (Wildman–Crippen MR) is 89.9 cm³/mol. The first kappa shape index (κ1) is 15.8. The molecular formula is C18H25ClN2O. The topological polar surface area (TPSA) is 46.3 Å². The largest absolute Gasteiger partial charge is 0.339 e. The molecule has 2 atom stereocenters. The van der Waals surface area contributed by atoms with Crippen LogP contribution in [0.15, 0.2) is 24.3 Å². The standard InChI is InChI=1S/C18H25ClN2O/c1-13-10-14(11-20)12-21(13)17(22)18(8-2-3-9-18)15-4-6-16(19)7-5-15/h4-7,13-14H,2-3,8-12,20H2,1H3. The van der Waals surface area contributed by atoms with Gasteiger partial charge in [-0.3, -0.25) is 4.79 Å². The summed E-state index contributed by atoms with van der Waals surface area (Å²) in [5.74, 6) is 0.749. The van der Waals surface area contributed by atoms with Crippen molar-refractivity contribution in [2.45, 2.75) is 50.5 Å². The maximum Gasteiger partial charge on any atom is 0.233 e. The van der Waals surface area contributed by atoms with Gasteiger partial charge in [0.15, 0.2) is 0 Å². The first-order valence-electron chi connectivity index (χ1n) is 8.34. The number of nitrogens with zero attached hydrogens (tertiary/aromatic N) is 1. The number of rotatable bonds is 3. The zero-order valence-corrected chi connectivity index (χ0v) is 14.0. The fraction of sp³-hybridized carbons (Fsp3) is 0.611. The molecule has 2 N–H and O–H groups in total. The molecule has 0 radical (unpaired) electrons. The summed E-state index contributed by atoms with van der Waals surface area (Å²) in [6.07, 6.45) is 5.17. The van der Waals surface area contributed by atoms with Gasteiger partial charge in [-0.1, -0.05) is 36.6 Å². The van der Waals surface area contributed by atoms with Crippen molar-refractivity contribution in [3.05, 3.63) is 34.9 Å². The van der Waals surface area contributed by atoms with Gasteiger partial charge < -0.3 is 10.6 Å². The summed E-state index contributed by atoms with van der Waals surface area (Å²) < 4.78 is 0. The minimum absolute atomic E-state index is 0.297. The molecule has 1 aromatic carbocycles. The molecule has 0 spiro atoms. The molecule has 0 aromatic heterocycles. The van der Waals surface area contributed by atoms with Gasteiger partial charge in [0.1, 0.15) is 0 Å². The molecule has 22 heavy (non-hydrogen) atoms. The summed E-state index contributed by atoms with van der Waals surface area (Å²) in [6, 6.07) is 8.17. The molecule has 3 nitrogen and oxygen atoms in total. The maximum absolute atomic E-state index is 13.4. The molecule has 1 saturated heterocycles. The van der Waals surface area contributed by atoms with Crippen LogP contribution in [0, 0.1) is 5.92 Å². The van der Waals surface area contributed by atoms with E-state index in [0.717, 1.165) is 49.2 Å². The first-order valence-corrected chi connectivity index (χ1v) is 8.72. The van der Waals surface area contributed by atoms with Crippen molar-refractivity contribution in [2.24, 2.45) is 11.7 Å². The SMILES string of the molecule is CC1CC(CN)CN1C(=O)C1(c2ccc(Cl)cc2)CCCC1. The smallest absolute Gasteiger partial charge is 0.233 e. The average molecular weight is 321 g/mol. The molecule has 1 aliphatic heterocycles. The third-order valence-corrected chi connectivity index (χ3v) is 5.77. The van der Waals surface area contributed by atoms with Crippen molar-refractivity contribution in [1.29, 1.82) is 0 Å². The second kappa shape index (κ2) is 6.21. The Labute approximate surface area is 137 Å². The molecule has 1 heterocycles.